The zero-order valence-corrected chi connectivity index (χ0v) is 18.0. The number of rotatable bonds is 7. The number of carbonyl (C=O) groups is 2. The Morgan fingerprint density at radius 1 is 0.968 bits per heavy atom. The highest BCUT2D eigenvalue weighted by Crippen LogP contribution is 2.25. The van der Waals surface area contributed by atoms with Crippen molar-refractivity contribution in [2.24, 2.45) is 0 Å². The summed E-state index contributed by atoms with van der Waals surface area (Å²) in [4.78, 5) is 25.3. The molecule has 5 nitrogen and oxygen atoms in total. The van der Waals surface area contributed by atoms with Crippen molar-refractivity contribution in [3.05, 3.63) is 88.2 Å². The number of benzene rings is 3. The molecule has 0 unspecified atom stereocenters. The van der Waals surface area contributed by atoms with E-state index in [0.29, 0.717) is 16.9 Å². The van der Waals surface area contributed by atoms with Gasteiger partial charge in [0.15, 0.2) is 0 Å². The molecule has 0 aromatic heterocycles. The summed E-state index contributed by atoms with van der Waals surface area (Å²) in [5.74, 6) is -1.14. The van der Waals surface area contributed by atoms with Crippen LogP contribution in [0, 0.1) is 12.7 Å². The minimum Gasteiger partial charge on any atom is -0.376 e. The number of para-hydroxylation sites is 2. The second-order valence-corrected chi connectivity index (χ2v) is 7.40. The highest BCUT2D eigenvalue weighted by molar-refractivity contribution is 6.34. The fourth-order valence-electron chi connectivity index (χ4n) is 3.18. The molecule has 0 bridgehead atoms. The normalized spacial score (nSPS) is 10.5. The molecule has 0 fully saturated rings. The summed E-state index contributed by atoms with van der Waals surface area (Å²) in [6, 6.07) is 16.4. The number of anilines is 3. The third kappa shape index (κ3) is 5.61. The van der Waals surface area contributed by atoms with Gasteiger partial charge in [-0.2, -0.15) is 0 Å². The summed E-state index contributed by atoms with van der Waals surface area (Å²) in [5, 5.41) is 8.73. The van der Waals surface area contributed by atoms with Crippen molar-refractivity contribution in [2.75, 3.05) is 22.5 Å². The highest BCUT2D eigenvalue weighted by Gasteiger charge is 2.14. The SMILES string of the molecule is CCc1cccc(C)c1NC(=O)CNc1ccccc1C(=O)Nc1ccc(F)cc1Cl. The van der Waals surface area contributed by atoms with Crippen LogP contribution in [0.2, 0.25) is 5.02 Å². The van der Waals surface area contributed by atoms with E-state index in [-0.39, 0.29) is 17.5 Å². The Hall–Kier alpha value is -3.38. The van der Waals surface area contributed by atoms with Gasteiger partial charge in [0, 0.05) is 11.4 Å². The van der Waals surface area contributed by atoms with Crippen LogP contribution in [0.3, 0.4) is 0 Å². The molecular formula is C24H23ClFN3O2. The van der Waals surface area contributed by atoms with Gasteiger partial charge in [-0.1, -0.05) is 48.9 Å². The zero-order valence-electron chi connectivity index (χ0n) is 17.3. The minimum atomic E-state index is -0.490. The van der Waals surface area contributed by atoms with E-state index in [1.54, 1.807) is 24.3 Å². The second-order valence-electron chi connectivity index (χ2n) is 6.99. The number of halogens is 2. The molecule has 31 heavy (non-hydrogen) atoms. The van der Waals surface area contributed by atoms with Crippen molar-refractivity contribution >= 4 is 40.5 Å². The number of nitrogens with one attached hydrogen (secondary N) is 3. The molecule has 0 atom stereocenters. The average Bonchev–Trinajstić information content (AvgIpc) is 2.75. The predicted molar refractivity (Wildman–Crippen MR) is 123 cm³/mol. The van der Waals surface area contributed by atoms with Crippen molar-refractivity contribution in [2.45, 2.75) is 20.3 Å². The molecule has 160 valence electrons. The first kappa shape index (κ1) is 22.3. The zero-order chi connectivity index (χ0) is 22.4. The first-order chi connectivity index (χ1) is 14.9. The molecule has 3 aromatic carbocycles. The lowest BCUT2D eigenvalue weighted by Gasteiger charge is -2.15. The first-order valence-electron chi connectivity index (χ1n) is 9.86. The number of amides is 2. The van der Waals surface area contributed by atoms with Crippen LogP contribution in [0.1, 0.15) is 28.4 Å². The lowest BCUT2D eigenvalue weighted by molar-refractivity contribution is -0.114. The van der Waals surface area contributed by atoms with Gasteiger partial charge in [0.2, 0.25) is 5.91 Å². The van der Waals surface area contributed by atoms with Gasteiger partial charge in [-0.3, -0.25) is 9.59 Å². The van der Waals surface area contributed by atoms with Crippen LogP contribution in [0.5, 0.6) is 0 Å². The maximum Gasteiger partial charge on any atom is 0.257 e. The Balaban J connectivity index is 1.69. The van der Waals surface area contributed by atoms with E-state index >= 15 is 0 Å². The molecular weight excluding hydrogens is 417 g/mol. The van der Waals surface area contributed by atoms with Crippen LogP contribution >= 0.6 is 11.6 Å². The number of hydrogen-bond acceptors (Lipinski definition) is 3. The highest BCUT2D eigenvalue weighted by atomic mass is 35.5. The fourth-order valence-corrected chi connectivity index (χ4v) is 3.39. The first-order valence-corrected chi connectivity index (χ1v) is 10.2. The van der Waals surface area contributed by atoms with Gasteiger partial charge in [-0.25, -0.2) is 4.39 Å². The summed E-state index contributed by atoms with van der Waals surface area (Å²) in [6.07, 6.45) is 0.805. The van der Waals surface area contributed by atoms with Crippen molar-refractivity contribution in [1.82, 2.24) is 0 Å². The van der Waals surface area contributed by atoms with Crippen LogP contribution in [0.4, 0.5) is 21.5 Å². The molecule has 0 aliphatic carbocycles. The molecule has 0 saturated carbocycles. The van der Waals surface area contributed by atoms with Gasteiger partial charge in [-0.05, 0) is 54.8 Å². The van der Waals surface area contributed by atoms with Crippen LogP contribution in [-0.2, 0) is 11.2 Å². The van der Waals surface area contributed by atoms with Crippen molar-refractivity contribution in [3.63, 3.8) is 0 Å². The molecule has 3 rings (SSSR count). The van der Waals surface area contributed by atoms with Gasteiger partial charge in [0.25, 0.3) is 5.91 Å². The van der Waals surface area contributed by atoms with Gasteiger partial charge < -0.3 is 16.0 Å². The molecule has 0 heterocycles. The lowest BCUT2D eigenvalue weighted by atomic mass is 10.1. The number of hydrogen-bond donors (Lipinski definition) is 3. The summed E-state index contributed by atoms with van der Waals surface area (Å²) in [6.45, 7) is 3.96. The largest absolute Gasteiger partial charge is 0.376 e. The number of aryl methyl sites for hydroxylation is 2. The molecule has 0 aliphatic rings. The Morgan fingerprint density at radius 3 is 2.48 bits per heavy atom. The smallest absolute Gasteiger partial charge is 0.257 e. The Kier molecular flexibility index (Phi) is 7.26. The molecule has 0 radical (unpaired) electrons. The summed E-state index contributed by atoms with van der Waals surface area (Å²) in [7, 11) is 0. The number of carbonyl (C=O) groups excluding carboxylic acids is 2. The van der Waals surface area contributed by atoms with Crippen LogP contribution < -0.4 is 16.0 Å². The second kappa shape index (κ2) is 10.1. The fraction of sp³-hybridized carbons (Fsp3) is 0.167. The summed E-state index contributed by atoms with van der Waals surface area (Å²) < 4.78 is 13.2. The molecule has 3 N–H and O–H groups in total. The maximum atomic E-state index is 13.2. The van der Waals surface area contributed by atoms with Crippen LogP contribution in [-0.4, -0.2) is 18.4 Å². The van der Waals surface area contributed by atoms with Gasteiger partial charge >= 0.3 is 0 Å². The van der Waals surface area contributed by atoms with Gasteiger partial charge in [-0.15, -0.1) is 0 Å². The lowest BCUT2D eigenvalue weighted by Crippen LogP contribution is -2.24. The van der Waals surface area contributed by atoms with E-state index in [1.807, 2.05) is 32.0 Å². The van der Waals surface area contributed by atoms with E-state index in [1.165, 1.54) is 12.1 Å². The minimum absolute atomic E-state index is 0.0148. The van der Waals surface area contributed by atoms with E-state index in [9.17, 15) is 14.0 Å². The average molecular weight is 440 g/mol. The predicted octanol–water partition coefficient (Wildman–Crippen LogP) is 5.65. The van der Waals surface area contributed by atoms with Crippen molar-refractivity contribution < 1.29 is 14.0 Å². The van der Waals surface area contributed by atoms with E-state index in [4.69, 9.17) is 11.6 Å². The third-order valence-electron chi connectivity index (χ3n) is 4.79. The molecule has 7 heteroatoms. The van der Waals surface area contributed by atoms with Crippen molar-refractivity contribution in [3.8, 4) is 0 Å². The Bertz CT molecular complexity index is 1120. The van der Waals surface area contributed by atoms with E-state index < -0.39 is 11.7 Å². The van der Waals surface area contributed by atoms with Gasteiger partial charge in [0.05, 0.1) is 22.8 Å². The molecule has 0 spiro atoms. The Morgan fingerprint density at radius 2 is 1.74 bits per heavy atom. The molecule has 3 aromatic rings. The third-order valence-corrected chi connectivity index (χ3v) is 5.11. The summed E-state index contributed by atoms with van der Waals surface area (Å²) in [5.41, 5.74) is 3.99. The molecule has 2 amide bonds. The van der Waals surface area contributed by atoms with E-state index in [0.717, 1.165) is 29.3 Å². The van der Waals surface area contributed by atoms with Crippen molar-refractivity contribution in [1.29, 1.82) is 0 Å². The standard InChI is InChI=1S/C24H23ClFN3O2/c1-3-16-8-6-7-15(2)23(16)29-22(30)14-27-20-10-5-4-9-18(20)24(31)28-21-12-11-17(26)13-19(21)25/h4-13,27H,3,14H2,1-2H3,(H,28,31)(H,29,30). The van der Waals surface area contributed by atoms with Crippen LogP contribution in [0.15, 0.2) is 60.7 Å². The quantitative estimate of drug-likeness (QED) is 0.445. The molecule has 0 saturated heterocycles. The summed E-state index contributed by atoms with van der Waals surface area (Å²) >= 11 is 5.99. The molecule has 0 aliphatic heterocycles. The Labute approximate surface area is 185 Å². The monoisotopic (exact) mass is 439 g/mol. The van der Waals surface area contributed by atoms with Crippen LogP contribution in [0.25, 0.3) is 0 Å². The van der Waals surface area contributed by atoms with Gasteiger partial charge in [0.1, 0.15) is 5.82 Å². The van der Waals surface area contributed by atoms with E-state index in [2.05, 4.69) is 16.0 Å². The topological polar surface area (TPSA) is 70.2 Å². The maximum absolute atomic E-state index is 13.2.